The number of benzene rings is 1. The number of hydrogen-bond donors (Lipinski definition) is 1. The van der Waals surface area contributed by atoms with Crippen LogP contribution in [0, 0.1) is 19.3 Å². The van der Waals surface area contributed by atoms with Crippen LogP contribution in [0.1, 0.15) is 73.4 Å². The van der Waals surface area contributed by atoms with Crippen molar-refractivity contribution in [3.63, 3.8) is 0 Å². The van der Waals surface area contributed by atoms with E-state index in [0.29, 0.717) is 40.2 Å². The van der Waals surface area contributed by atoms with Crippen molar-refractivity contribution in [3.8, 4) is 11.5 Å². The molecule has 1 N–H and O–H groups in total. The molecule has 6 nitrogen and oxygen atoms in total. The zero-order valence-corrected chi connectivity index (χ0v) is 24.0. The molecule has 0 amide bonds. The van der Waals surface area contributed by atoms with Crippen LogP contribution in [0.4, 0.5) is 0 Å². The highest BCUT2D eigenvalue weighted by molar-refractivity contribution is 6.37. The Hall–Kier alpha value is -1.73. The second-order valence-electron chi connectivity index (χ2n) is 12.2. The van der Waals surface area contributed by atoms with E-state index in [1.165, 1.54) is 0 Å². The zero-order valence-electron chi connectivity index (χ0n) is 22.5. The average molecular weight is 547 g/mol. The number of rotatable bonds is 4. The highest BCUT2D eigenvalue weighted by Crippen LogP contribution is 2.64. The number of H-pyrrole nitrogens is 1. The fourth-order valence-electron chi connectivity index (χ4n) is 7.50. The van der Waals surface area contributed by atoms with Crippen molar-refractivity contribution >= 4 is 23.2 Å². The molecule has 3 fully saturated rings. The summed E-state index contributed by atoms with van der Waals surface area (Å²) >= 11 is 14.1. The molecule has 2 aliphatic heterocycles. The Balaban J connectivity index is 1.28. The number of nitrogens with one attached hydrogen (secondary N) is 1. The lowest BCUT2D eigenvalue weighted by Gasteiger charge is -2.59. The van der Waals surface area contributed by atoms with Gasteiger partial charge in [0.05, 0.1) is 10.0 Å². The van der Waals surface area contributed by atoms with Crippen molar-refractivity contribution in [2.45, 2.75) is 90.1 Å². The quantitative estimate of drug-likeness (QED) is 0.510. The number of halogens is 2. The number of aromatic amines is 1. The monoisotopic (exact) mass is 545 g/mol. The summed E-state index contributed by atoms with van der Waals surface area (Å²) in [6.45, 7) is 7.97. The lowest BCUT2D eigenvalue weighted by atomic mass is 9.54. The first-order valence-electron chi connectivity index (χ1n) is 13.5. The molecule has 1 aromatic heterocycles. The lowest BCUT2D eigenvalue weighted by molar-refractivity contribution is -0.211. The molecule has 1 atom stereocenters. The van der Waals surface area contributed by atoms with Crippen LogP contribution in [-0.4, -0.2) is 46.7 Å². The summed E-state index contributed by atoms with van der Waals surface area (Å²) in [4.78, 5) is 20.2. The zero-order chi connectivity index (χ0) is 26.3. The third-order valence-electron chi connectivity index (χ3n) is 10.1. The van der Waals surface area contributed by atoms with Crippen LogP contribution in [0.3, 0.4) is 0 Å². The van der Waals surface area contributed by atoms with E-state index in [0.717, 1.165) is 79.4 Å². The summed E-state index contributed by atoms with van der Waals surface area (Å²) < 4.78 is 13.4. The molecular formula is C29H37Cl2N3O3. The molecule has 1 aromatic carbocycles. The molecule has 37 heavy (non-hydrogen) atoms. The number of ether oxygens (including phenoxy) is 2. The van der Waals surface area contributed by atoms with Gasteiger partial charge in [-0.05, 0) is 95.6 Å². The fraction of sp³-hybridized carbons (Fsp3) is 0.621. The molecule has 0 spiro atoms. The smallest absolute Gasteiger partial charge is 0.254 e. The molecule has 3 saturated carbocycles. The van der Waals surface area contributed by atoms with Gasteiger partial charge in [-0.1, -0.05) is 23.2 Å². The largest absolute Gasteiger partial charge is 0.446 e. The maximum Gasteiger partial charge on any atom is 0.254 e. The summed E-state index contributed by atoms with van der Waals surface area (Å²) in [6, 6.07) is 2.02. The Morgan fingerprint density at radius 3 is 2.16 bits per heavy atom. The van der Waals surface area contributed by atoms with Gasteiger partial charge in [0.1, 0.15) is 0 Å². The normalized spacial score (nSPS) is 30.7. The van der Waals surface area contributed by atoms with Crippen LogP contribution in [0.2, 0.25) is 10.0 Å². The van der Waals surface area contributed by atoms with Crippen LogP contribution in [0.25, 0.3) is 0 Å². The molecule has 2 aromatic rings. The Morgan fingerprint density at radius 2 is 1.59 bits per heavy atom. The number of fused-ring (bicyclic) bond motifs is 5. The van der Waals surface area contributed by atoms with Crippen LogP contribution in [0.5, 0.6) is 11.5 Å². The highest BCUT2D eigenvalue weighted by atomic mass is 35.5. The number of pyridine rings is 1. The van der Waals surface area contributed by atoms with Gasteiger partial charge in [0.25, 0.3) is 11.3 Å². The first kappa shape index (κ1) is 25.5. The van der Waals surface area contributed by atoms with Gasteiger partial charge in [0.2, 0.25) is 0 Å². The van der Waals surface area contributed by atoms with E-state index in [1.54, 1.807) is 0 Å². The van der Waals surface area contributed by atoms with E-state index in [1.807, 2.05) is 19.9 Å². The van der Waals surface area contributed by atoms with E-state index >= 15 is 0 Å². The van der Waals surface area contributed by atoms with Crippen LogP contribution < -0.4 is 15.0 Å². The van der Waals surface area contributed by atoms with E-state index in [2.05, 4.69) is 35.8 Å². The van der Waals surface area contributed by atoms with Gasteiger partial charge in [-0.15, -0.1) is 0 Å². The Kier molecular flexibility index (Phi) is 5.96. The molecule has 0 saturated heterocycles. The minimum atomic E-state index is -0.780. The van der Waals surface area contributed by atoms with Crippen LogP contribution >= 0.6 is 23.2 Å². The Labute approximate surface area is 229 Å². The summed E-state index contributed by atoms with van der Waals surface area (Å²) in [5.74, 6) is 0.414. The molecule has 200 valence electrons. The number of aromatic nitrogens is 1. The molecule has 0 radical (unpaired) electrons. The Morgan fingerprint density at radius 1 is 1.00 bits per heavy atom. The highest BCUT2D eigenvalue weighted by Gasteiger charge is 2.62. The van der Waals surface area contributed by atoms with E-state index in [-0.39, 0.29) is 11.0 Å². The summed E-state index contributed by atoms with van der Waals surface area (Å²) in [6.07, 6.45) is 7.44. The lowest BCUT2D eigenvalue weighted by Crippen LogP contribution is -2.62. The van der Waals surface area contributed by atoms with E-state index < -0.39 is 5.79 Å². The van der Waals surface area contributed by atoms with Crippen molar-refractivity contribution in [3.05, 3.63) is 54.4 Å². The summed E-state index contributed by atoms with van der Waals surface area (Å²) in [5, 5.41) is 1.23. The molecule has 1 unspecified atom stereocenters. The predicted octanol–water partition coefficient (Wildman–Crippen LogP) is 6.00. The minimum absolute atomic E-state index is 0.0219. The van der Waals surface area contributed by atoms with Crippen LogP contribution in [0.15, 0.2) is 10.9 Å². The fourth-order valence-corrected chi connectivity index (χ4v) is 8.13. The summed E-state index contributed by atoms with van der Waals surface area (Å²) in [5.41, 5.74) is 4.95. The molecular weight excluding hydrogens is 509 g/mol. The molecule has 3 aliphatic carbocycles. The molecule has 5 aliphatic rings. The van der Waals surface area contributed by atoms with Crippen molar-refractivity contribution < 1.29 is 9.47 Å². The van der Waals surface area contributed by atoms with Gasteiger partial charge in [-0.2, -0.15) is 0 Å². The van der Waals surface area contributed by atoms with Crippen molar-refractivity contribution in [1.29, 1.82) is 0 Å². The SMILES string of the molecule is Cc1cc(C)c(CN2CCc3c(Cl)c4c(c(Cl)c3C2)OC(C)(C23CCC(N(C)C)(CC2)CC3)O4)c(=O)[nH]1. The van der Waals surface area contributed by atoms with Gasteiger partial charge in [-0.25, -0.2) is 0 Å². The standard InChI is InChI=1S/C29H37Cl2N3O3/c1-17-14-18(2)32-26(35)20(17)15-34-13-6-19-21(16-34)23(31)25-24(22(19)30)36-27(3,37-25)28-7-10-29(11-8-28,12-9-28)33(4)5/h14H,6-13,15-16H2,1-5H3,(H,32,35). The van der Waals surface area contributed by atoms with Gasteiger partial charge in [0.15, 0.2) is 11.5 Å². The van der Waals surface area contributed by atoms with Crippen molar-refractivity contribution in [1.82, 2.24) is 14.8 Å². The molecule has 3 heterocycles. The Bertz CT molecular complexity index is 1310. The van der Waals surface area contributed by atoms with Gasteiger partial charge in [-0.3, -0.25) is 9.69 Å². The van der Waals surface area contributed by atoms with Gasteiger partial charge < -0.3 is 19.4 Å². The third kappa shape index (κ3) is 3.77. The minimum Gasteiger partial charge on any atom is -0.446 e. The topological polar surface area (TPSA) is 57.8 Å². The van der Waals surface area contributed by atoms with Crippen LogP contribution in [-0.2, 0) is 19.5 Å². The maximum atomic E-state index is 12.6. The second kappa shape index (κ2) is 8.64. The van der Waals surface area contributed by atoms with Crippen molar-refractivity contribution in [2.75, 3.05) is 20.6 Å². The molecule has 8 heteroatoms. The summed E-state index contributed by atoms with van der Waals surface area (Å²) in [7, 11) is 4.42. The first-order chi connectivity index (χ1) is 17.5. The number of aryl methyl sites for hydroxylation is 2. The molecule has 7 rings (SSSR count). The third-order valence-corrected chi connectivity index (χ3v) is 10.9. The average Bonchev–Trinajstić information content (AvgIpc) is 3.25. The maximum absolute atomic E-state index is 12.6. The number of nitrogens with zero attached hydrogens (tertiary/aromatic N) is 2. The van der Waals surface area contributed by atoms with E-state index in [9.17, 15) is 4.79 Å². The second-order valence-corrected chi connectivity index (χ2v) is 13.0. The van der Waals surface area contributed by atoms with Crippen molar-refractivity contribution in [2.24, 2.45) is 5.41 Å². The van der Waals surface area contributed by atoms with E-state index in [4.69, 9.17) is 32.7 Å². The predicted molar refractivity (Wildman–Crippen MR) is 147 cm³/mol. The first-order valence-corrected chi connectivity index (χ1v) is 14.2. The molecule has 2 bridgehead atoms. The van der Waals surface area contributed by atoms with Gasteiger partial charge >= 0.3 is 0 Å². The van der Waals surface area contributed by atoms with Gasteiger partial charge in [0, 0.05) is 48.8 Å². The number of hydrogen-bond acceptors (Lipinski definition) is 5.